The molecule has 6 nitrogen and oxygen atoms in total. The molecule has 0 N–H and O–H groups in total. The molecule has 6 heteroatoms. The van der Waals surface area contributed by atoms with E-state index in [1.807, 2.05) is 6.07 Å². The number of rotatable bonds is 5. The third kappa shape index (κ3) is 3.30. The van der Waals surface area contributed by atoms with Crippen molar-refractivity contribution in [3.8, 4) is 0 Å². The first-order valence-electron chi connectivity index (χ1n) is 9.12. The van der Waals surface area contributed by atoms with Gasteiger partial charge in [0.05, 0.1) is 23.9 Å². The predicted octanol–water partition coefficient (Wildman–Crippen LogP) is 3.36. The monoisotopic (exact) mass is 364 g/mol. The molecular formula is C21H20N2O4. The van der Waals surface area contributed by atoms with E-state index in [2.05, 4.69) is 6.08 Å². The van der Waals surface area contributed by atoms with Crippen molar-refractivity contribution in [3.63, 3.8) is 0 Å². The van der Waals surface area contributed by atoms with Crippen molar-refractivity contribution in [1.82, 2.24) is 9.80 Å². The fourth-order valence-corrected chi connectivity index (χ4v) is 3.58. The molecule has 0 saturated carbocycles. The molecule has 4 rings (SSSR count). The van der Waals surface area contributed by atoms with Crippen molar-refractivity contribution in [1.29, 1.82) is 0 Å². The van der Waals surface area contributed by atoms with Crippen LogP contribution in [0.4, 0.5) is 0 Å². The van der Waals surface area contributed by atoms with Gasteiger partial charge in [-0.1, -0.05) is 18.2 Å². The van der Waals surface area contributed by atoms with Crippen LogP contribution in [0.1, 0.15) is 52.2 Å². The van der Waals surface area contributed by atoms with Crippen molar-refractivity contribution in [2.45, 2.75) is 32.2 Å². The second-order valence-corrected chi connectivity index (χ2v) is 6.74. The number of carbonyl (C=O) groups excluding carboxylic acids is 3. The highest BCUT2D eigenvalue weighted by atomic mass is 16.3. The van der Waals surface area contributed by atoms with Crippen LogP contribution in [0.5, 0.6) is 0 Å². The maximum absolute atomic E-state index is 13.1. The Morgan fingerprint density at radius 1 is 1.04 bits per heavy atom. The van der Waals surface area contributed by atoms with Crippen LogP contribution >= 0.6 is 0 Å². The molecule has 1 aromatic carbocycles. The molecule has 0 fully saturated rings. The zero-order chi connectivity index (χ0) is 18.8. The summed E-state index contributed by atoms with van der Waals surface area (Å²) >= 11 is 0. The number of imide groups is 1. The first-order chi connectivity index (χ1) is 13.1. The van der Waals surface area contributed by atoms with E-state index in [-0.39, 0.29) is 12.5 Å². The Labute approximate surface area is 157 Å². The number of hydrogen-bond donors (Lipinski definition) is 0. The highest BCUT2D eigenvalue weighted by Gasteiger charge is 2.37. The normalized spacial score (nSPS) is 16.3. The van der Waals surface area contributed by atoms with Gasteiger partial charge in [-0.05, 0) is 49.9 Å². The van der Waals surface area contributed by atoms with Gasteiger partial charge >= 0.3 is 0 Å². The van der Waals surface area contributed by atoms with Crippen molar-refractivity contribution in [3.05, 3.63) is 71.3 Å². The summed E-state index contributed by atoms with van der Waals surface area (Å²) in [7, 11) is 0. The van der Waals surface area contributed by atoms with E-state index in [4.69, 9.17) is 4.42 Å². The summed E-state index contributed by atoms with van der Waals surface area (Å²) in [5.41, 5.74) is 1.63. The molecule has 1 aromatic heterocycles. The van der Waals surface area contributed by atoms with E-state index >= 15 is 0 Å². The summed E-state index contributed by atoms with van der Waals surface area (Å²) in [4.78, 5) is 40.9. The lowest BCUT2D eigenvalue weighted by molar-refractivity contribution is -0.130. The first-order valence-corrected chi connectivity index (χ1v) is 9.12. The quantitative estimate of drug-likeness (QED) is 0.763. The average Bonchev–Trinajstić information content (AvgIpc) is 3.30. The van der Waals surface area contributed by atoms with E-state index in [9.17, 15) is 14.4 Å². The summed E-state index contributed by atoms with van der Waals surface area (Å²) in [6, 6.07) is 10.2. The fraction of sp³-hybridized carbons (Fsp3) is 0.286. The number of carbonyl (C=O) groups is 3. The molecular weight excluding hydrogens is 344 g/mol. The van der Waals surface area contributed by atoms with Gasteiger partial charge in [0.2, 0.25) is 5.91 Å². The van der Waals surface area contributed by atoms with E-state index in [0.29, 0.717) is 23.4 Å². The molecule has 2 aliphatic rings. The molecule has 2 heterocycles. The Morgan fingerprint density at radius 2 is 1.78 bits per heavy atom. The van der Waals surface area contributed by atoms with Crippen LogP contribution in [0.25, 0.3) is 0 Å². The molecule has 1 aliphatic carbocycles. The lowest BCUT2D eigenvalue weighted by Crippen LogP contribution is -2.42. The molecule has 0 saturated heterocycles. The number of fused-ring (bicyclic) bond motifs is 1. The van der Waals surface area contributed by atoms with Gasteiger partial charge in [-0.25, -0.2) is 0 Å². The van der Waals surface area contributed by atoms with Gasteiger partial charge in [-0.15, -0.1) is 0 Å². The summed E-state index contributed by atoms with van der Waals surface area (Å²) in [5, 5.41) is 0. The van der Waals surface area contributed by atoms with Crippen LogP contribution < -0.4 is 0 Å². The molecule has 138 valence electrons. The van der Waals surface area contributed by atoms with Crippen LogP contribution in [0, 0.1) is 0 Å². The zero-order valence-electron chi connectivity index (χ0n) is 14.9. The number of amides is 3. The van der Waals surface area contributed by atoms with Gasteiger partial charge in [-0.2, -0.15) is 0 Å². The molecule has 0 bridgehead atoms. The minimum absolute atomic E-state index is 0.273. The van der Waals surface area contributed by atoms with Gasteiger partial charge < -0.3 is 9.32 Å². The Hall–Kier alpha value is -3.15. The van der Waals surface area contributed by atoms with Crippen LogP contribution in [-0.2, 0) is 11.3 Å². The SMILES string of the molecule is O=C(CN1C(=O)c2ccccc2C1=O)N(Cc1ccco1)C1=CCCCC1. The van der Waals surface area contributed by atoms with E-state index in [1.165, 1.54) is 0 Å². The maximum atomic E-state index is 13.1. The second kappa shape index (κ2) is 7.23. The van der Waals surface area contributed by atoms with Crippen molar-refractivity contribution in [2.24, 2.45) is 0 Å². The molecule has 27 heavy (non-hydrogen) atoms. The summed E-state index contributed by atoms with van der Waals surface area (Å²) in [6.45, 7) is 0.0191. The smallest absolute Gasteiger partial charge is 0.262 e. The van der Waals surface area contributed by atoms with Gasteiger partial charge in [-0.3, -0.25) is 19.3 Å². The predicted molar refractivity (Wildman–Crippen MR) is 97.6 cm³/mol. The summed E-state index contributed by atoms with van der Waals surface area (Å²) in [6.07, 6.45) is 7.47. The minimum atomic E-state index is -0.417. The van der Waals surface area contributed by atoms with Gasteiger partial charge in [0.15, 0.2) is 0 Å². The number of benzene rings is 1. The second-order valence-electron chi connectivity index (χ2n) is 6.74. The molecule has 0 spiro atoms. The molecule has 0 atom stereocenters. The van der Waals surface area contributed by atoms with Crippen molar-refractivity contribution < 1.29 is 18.8 Å². The van der Waals surface area contributed by atoms with Crippen LogP contribution in [0.3, 0.4) is 0 Å². The number of furan rings is 1. The molecule has 1 aliphatic heterocycles. The standard InChI is InChI=1S/C21H20N2O4/c24-19(14-23-20(25)17-10-4-5-11-18(17)21(23)26)22(13-16-9-6-12-27-16)15-7-2-1-3-8-15/h4-7,9-12H,1-3,8,13-14H2. The van der Waals surface area contributed by atoms with Crippen molar-refractivity contribution in [2.75, 3.05) is 6.54 Å². The van der Waals surface area contributed by atoms with E-state index in [0.717, 1.165) is 36.3 Å². The highest BCUT2D eigenvalue weighted by Crippen LogP contribution is 2.26. The van der Waals surface area contributed by atoms with Gasteiger partial charge in [0.1, 0.15) is 12.3 Å². The molecule has 0 radical (unpaired) electrons. The van der Waals surface area contributed by atoms with Crippen LogP contribution in [0.15, 0.2) is 58.9 Å². The highest BCUT2D eigenvalue weighted by molar-refractivity contribution is 6.22. The zero-order valence-corrected chi connectivity index (χ0v) is 14.9. The van der Waals surface area contributed by atoms with Crippen LogP contribution in [-0.4, -0.2) is 34.1 Å². The Morgan fingerprint density at radius 3 is 2.37 bits per heavy atom. The average molecular weight is 364 g/mol. The third-order valence-corrected chi connectivity index (χ3v) is 4.98. The van der Waals surface area contributed by atoms with Crippen LogP contribution in [0.2, 0.25) is 0 Å². The number of hydrogen-bond acceptors (Lipinski definition) is 4. The topological polar surface area (TPSA) is 70.8 Å². The first kappa shape index (κ1) is 17.3. The summed E-state index contributed by atoms with van der Waals surface area (Å²) in [5.74, 6) is -0.453. The lowest BCUT2D eigenvalue weighted by Gasteiger charge is -2.28. The third-order valence-electron chi connectivity index (χ3n) is 4.98. The molecule has 3 amide bonds. The van der Waals surface area contributed by atoms with Gasteiger partial charge in [0.25, 0.3) is 11.8 Å². The summed E-state index contributed by atoms with van der Waals surface area (Å²) < 4.78 is 5.40. The Balaban J connectivity index is 1.56. The largest absolute Gasteiger partial charge is 0.467 e. The van der Waals surface area contributed by atoms with E-state index < -0.39 is 11.8 Å². The maximum Gasteiger partial charge on any atom is 0.262 e. The Kier molecular flexibility index (Phi) is 4.62. The number of allylic oxidation sites excluding steroid dienone is 2. The molecule has 2 aromatic rings. The minimum Gasteiger partial charge on any atom is -0.467 e. The number of nitrogens with zero attached hydrogens (tertiary/aromatic N) is 2. The fourth-order valence-electron chi connectivity index (χ4n) is 3.58. The van der Waals surface area contributed by atoms with Gasteiger partial charge in [0, 0.05) is 5.70 Å². The van der Waals surface area contributed by atoms with E-state index in [1.54, 1.807) is 41.5 Å². The Bertz CT molecular complexity index is 879. The lowest BCUT2D eigenvalue weighted by atomic mass is 10.0. The molecule has 0 unspecified atom stereocenters. The van der Waals surface area contributed by atoms with Crippen molar-refractivity contribution >= 4 is 17.7 Å².